The molecule has 0 saturated heterocycles. The van der Waals surface area contributed by atoms with Crippen molar-refractivity contribution in [1.82, 2.24) is 4.98 Å². The van der Waals surface area contributed by atoms with Gasteiger partial charge in [-0.1, -0.05) is 6.07 Å². The van der Waals surface area contributed by atoms with Gasteiger partial charge in [-0.3, -0.25) is 0 Å². The van der Waals surface area contributed by atoms with Crippen molar-refractivity contribution in [2.45, 2.75) is 6.42 Å². The fraction of sp³-hybridized carbons (Fsp3) is 0.238. The predicted molar refractivity (Wildman–Crippen MR) is 102 cm³/mol. The first-order valence-corrected chi connectivity index (χ1v) is 8.65. The lowest BCUT2D eigenvalue weighted by Crippen LogP contribution is -2.07. The Kier molecular flexibility index (Phi) is 4.65. The van der Waals surface area contributed by atoms with E-state index in [4.69, 9.17) is 23.7 Å². The fourth-order valence-electron chi connectivity index (χ4n) is 3.24. The average molecular weight is 381 g/mol. The normalized spacial score (nSPS) is 12.1. The first-order valence-electron chi connectivity index (χ1n) is 8.65. The lowest BCUT2D eigenvalue weighted by atomic mass is 10.0. The van der Waals surface area contributed by atoms with Crippen LogP contribution < -0.4 is 18.9 Å². The van der Waals surface area contributed by atoms with Gasteiger partial charge in [-0.25, -0.2) is 9.78 Å². The number of aromatic nitrogens is 1. The second-order valence-electron chi connectivity index (χ2n) is 6.24. The summed E-state index contributed by atoms with van der Waals surface area (Å²) >= 11 is 0. The Morgan fingerprint density at radius 2 is 1.75 bits per heavy atom. The average Bonchev–Trinajstić information content (AvgIpc) is 3.19. The van der Waals surface area contributed by atoms with E-state index in [1.165, 1.54) is 7.11 Å². The maximum atomic E-state index is 12.1. The van der Waals surface area contributed by atoms with Crippen LogP contribution in [0.15, 0.2) is 36.4 Å². The molecule has 2 aromatic carbocycles. The number of rotatable bonds is 5. The molecule has 0 amide bonds. The highest BCUT2D eigenvalue weighted by molar-refractivity contribution is 5.95. The summed E-state index contributed by atoms with van der Waals surface area (Å²) in [6, 6.07) is 11.1. The van der Waals surface area contributed by atoms with Crippen LogP contribution in [0.4, 0.5) is 0 Å². The fourth-order valence-corrected chi connectivity index (χ4v) is 3.24. The van der Waals surface area contributed by atoms with Crippen molar-refractivity contribution in [1.29, 1.82) is 0 Å². The summed E-state index contributed by atoms with van der Waals surface area (Å²) in [4.78, 5) is 16.7. The molecule has 0 saturated carbocycles. The lowest BCUT2D eigenvalue weighted by Gasteiger charge is -2.13. The van der Waals surface area contributed by atoms with E-state index >= 15 is 0 Å². The summed E-state index contributed by atoms with van der Waals surface area (Å²) in [7, 11) is 4.48. The molecule has 0 aliphatic carbocycles. The Balaban J connectivity index is 1.85. The van der Waals surface area contributed by atoms with Crippen molar-refractivity contribution in [3.63, 3.8) is 0 Å². The van der Waals surface area contributed by atoms with Crippen molar-refractivity contribution in [2.75, 3.05) is 28.1 Å². The van der Waals surface area contributed by atoms with Crippen LogP contribution in [0.2, 0.25) is 0 Å². The number of hydrogen-bond acceptors (Lipinski definition) is 7. The third-order valence-corrected chi connectivity index (χ3v) is 4.62. The zero-order chi connectivity index (χ0) is 19.7. The minimum Gasteiger partial charge on any atom is -0.493 e. The van der Waals surface area contributed by atoms with Gasteiger partial charge >= 0.3 is 5.97 Å². The zero-order valence-electron chi connectivity index (χ0n) is 15.8. The molecule has 0 N–H and O–H groups in total. The molecule has 1 aliphatic rings. The van der Waals surface area contributed by atoms with E-state index in [1.54, 1.807) is 20.3 Å². The largest absolute Gasteiger partial charge is 0.493 e. The number of esters is 1. The number of ether oxygens (including phenoxy) is 5. The van der Waals surface area contributed by atoms with E-state index in [2.05, 4.69) is 4.98 Å². The molecule has 0 unspecified atom stereocenters. The lowest BCUT2D eigenvalue weighted by molar-refractivity contribution is 0.0594. The Morgan fingerprint density at radius 1 is 1.00 bits per heavy atom. The monoisotopic (exact) mass is 381 g/mol. The van der Waals surface area contributed by atoms with Crippen LogP contribution in [0.1, 0.15) is 21.7 Å². The van der Waals surface area contributed by atoms with E-state index in [9.17, 15) is 4.79 Å². The standard InChI is InChI=1S/C21H19NO6/c1-24-18-9-13-8-16(21(23)26-3)22-15(14(13)10-19(18)25-2)6-12-4-5-17-20(7-12)28-11-27-17/h4-5,7-10H,6,11H2,1-3H3. The van der Waals surface area contributed by atoms with Gasteiger partial charge in [0, 0.05) is 11.8 Å². The van der Waals surface area contributed by atoms with E-state index < -0.39 is 5.97 Å². The van der Waals surface area contributed by atoms with Gasteiger partial charge in [0.05, 0.1) is 27.0 Å². The third-order valence-electron chi connectivity index (χ3n) is 4.62. The van der Waals surface area contributed by atoms with E-state index in [0.29, 0.717) is 23.7 Å². The van der Waals surface area contributed by atoms with Gasteiger partial charge < -0.3 is 23.7 Å². The molecule has 2 heterocycles. The summed E-state index contributed by atoms with van der Waals surface area (Å²) in [5, 5.41) is 1.67. The molecule has 1 aliphatic heterocycles. The second kappa shape index (κ2) is 7.26. The van der Waals surface area contributed by atoms with Crippen molar-refractivity contribution >= 4 is 16.7 Å². The molecule has 1 aromatic heterocycles. The molecule has 3 aromatic rings. The minimum absolute atomic E-state index is 0.217. The number of hydrogen-bond donors (Lipinski definition) is 0. The van der Waals surface area contributed by atoms with Gasteiger partial charge in [-0.05, 0) is 41.3 Å². The number of nitrogens with zero attached hydrogens (tertiary/aromatic N) is 1. The quantitative estimate of drug-likeness (QED) is 0.627. The first kappa shape index (κ1) is 17.9. The Morgan fingerprint density at radius 3 is 2.50 bits per heavy atom. The first-order chi connectivity index (χ1) is 13.6. The molecule has 0 radical (unpaired) electrons. The van der Waals surface area contributed by atoms with Crippen molar-refractivity contribution < 1.29 is 28.5 Å². The van der Waals surface area contributed by atoms with Gasteiger partial charge in [0.25, 0.3) is 0 Å². The van der Waals surface area contributed by atoms with Crippen LogP contribution in [-0.4, -0.2) is 39.1 Å². The van der Waals surface area contributed by atoms with Crippen LogP contribution in [0.5, 0.6) is 23.0 Å². The summed E-state index contributed by atoms with van der Waals surface area (Å²) in [5.74, 6) is 2.09. The molecule has 0 atom stereocenters. The van der Waals surface area contributed by atoms with Gasteiger partial charge in [-0.2, -0.15) is 0 Å². The predicted octanol–water partition coefficient (Wildman–Crippen LogP) is 3.36. The van der Waals surface area contributed by atoms with E-state index in [0.717, 1.165) is 27.8 Å². The van der Waals surface area contributed by atoms with Crippen LogP contribution in [0.25, 0.3) is 10.8 Å². The second-order valence-corrected chi connectivity index (χ2v) is 6.24. The van der Waals surface area contributed by atoms with Crippen LogP contribution >= 0.6 is 0 Å². The van der Waals surface area contributed by atoms with E-state index in [-0.39, 0.29) is 12.5 Å². The van der Waals surface area contributed by atoms with Gasteiger partial charge in [-0.15, -0.1) is 0 Å². The highest BCUT2D eigenvalue weighted by atomic mass is 16.7. The number of benzene rings is 2. The minimum atomic E-state index is -0.497. The molecular formula is C21H19NO6. The summed E-state index contributed by atoms with van der Waals surface area (Å²) in [5.41, 5.74) is 1.94. The molecule has 0 fully saturated rings. The van der Waals surface area contributed by atoms with Crippen molar-refractivity contribution in [3.05, 3.63) is 53.3 Å². The highest BCUT2D eigenvalue weighted by Crippen LogP contribution is 2.36. The van der Waals surface area contributed by atoms with Crippen LogP contribution in [-0.2, 0) is 11.2 Å². The van der Waals surface area contributed by atoms with Gasteiger partial charge in [0.2, 0.25) is 6.79 Å². The molecule has 7 nitrogen and oxygen atoms in total. The molecule has 4 rings (SSSR count). The summed E-state index contributed by atoms with van der Waals surface area (Å²) in [6.07, 6.45) is 0.494. The van der Waals surface area contributed by atoms with Gasteiger partial charge in [0.1, 0.15) is 5.69 Å². The Labute approximate surface area is 161 Å². The molecule has 0 bridgehead atoms. The number of fused-ring (bicyclic) bond motifs is 2. The third kappa shape index (κ3) is 3.15. The smallest absolute Gasteiger partial charge is 0.356 e. The number of carbonyl (C=O) groups is 1. The summed E-state index contributed by atoms with van der Waals surface area (Å²) < 4.78 is 26.5. The van der Waals surface area contributed by atoms with E-state index in [1.807, 2.05) is 30.3 Å². The highest BCUT2D eigenvalue weighted by Gasteiger charge is 2.18. The number of carbonyl (C=O) groups excluding carboxylic acids is 1. The zero-order valence-corrected chi connectivity index (χ0v) is 15.8. The Hall–Kier alpha value is -3.48. The molecule has 7 heteroatoms. The van der Waals surface area contributed by atoms with Crippen LogP contribution in [0.3, 0.4) is 0 Å². The Bertz CT molecular complexity index is 1060. The molecule has 144 valence electrons. The van der Waals surface area contributed by atoms with Crippen LogP contribution in [0, 0.1) is 0 Å². The topological polar surface area (TPSA) is 76.1 Å². The molecular weight excluding hydrogens is 362 g/mol. The number of methoxy groups -OCH3 is 3. The summed E-state index contributed by atoms with van der Waals surface area (Å²) in [6.45, 7) is 0.217. The van der Waals surface area contributed by atoms with Crippen molar-refractivity contribution in [3.8, 4) is 23.0 Å². The number of pyridine rings is 1. The molecule has 28 heavy (non-hydrogen) atoms. The maximum Gasteiger partial charge on any atom is 0.356 e. The SMILES string of the molecule is COC(=O)c1cc2cc(OC)c(OC)cc2c(Cc2ccc3c(c2)OCO3)n1. The molecule has 0 spiro atoms. The van der Waals surface area contributed by atoms with Gasteiger partial charge in [0.15, 0.2) is 23.0 Å². The van der Waals surface area contributed by atoms with Crippen molar-refractivity contribution in [2.24, 2.45) is 0 Å². The maximum absolute atomic E-state index is 12.1.